The number of benzene rings is 2. The summed E-state index contributed by atoms with van der Waals surface area (Å²) in [6.07, 6.45) is 20.4. The van der Waals surface area contributed by atoms with E-state index in [4.69, 9.17) is 9.15 Å². The average molecular weight is 573 g/mol. The van der Waals surface area contributed by atoms with Crippen LogP contribution in [0.1, 0.15) is 127 Å². The highest BCUT2D eigenvalue weighted by atomic mass is 16.5. The Morgan fingerprint density at radius 3 is 2.05 bits per heavy atom. The highest BCUT2D eigenvalue weighted by Crippen LogP contribution is 2.37. The lowest BCUT2D eigenvalue weighted by Crippen LogP contribution is -2.20. The molecule has 0 spiro atoms. The normalized spacial score (nSPS) is 12.1. The number of Topliss-reactive ketones (excluding diaryl/α,β-unsaturated/α-hetero) is 1. The van der Waals surface area contributed by atoms with Crippen LogP contribution in [0.15, 0.2) is 76.0 Å². The van der Waals surface area contributed by atoms with Crippen LogP contribution in [-0.4, -0.2) is 11.8 Å². The Bertz CT molecular complexity index is 1320. The van der Waals surface area contributed by atoms with Crippen LogP contribution in [0.3, 0.4) is 0 Å². The first-order chi connectivity index (χ1) is 20.5. The monoisotopic (exact) mass is 572 g/mol. The minimum Gasteiger partial charge on any atom is -0.425 e. The lowest BCUT2D eigenvalue weighted by atomic mass is 9.87. The molecule has 0 aliphatic rings. The van der Waals surface area contributed by atoms with E-state index in [1.165, 1.54) is 58.3 Å². The number of unbranched alkanes of at least 4 members (excludes halogenated alkanes) is 11. The van der Waals surface area contributed by atoms with E-state index < -0.39 is 11.5 Å². The second kappa shape index (κ2) is 18.9. The maximum Gasteiger partial charge on any atom is 0.343 e. The molecule has 226 valence electrons. The van der Waals surface area contributed by atoms with Gasteiger partial charge in [0.15, 0.2) is 5.75 Å². The Kier molecular flexibility index (Phi) is 14.8. The zero-order valence-corrected chi connectivity index (χ0v) is 25.6. The number of fused-ring (bicyclic) bond motifs is 1. The largest absolute Gasteiger partial charge is 0.425 e. The number of carbonyl (C=O) groups is 2. The Balaban J connectivity index is 1.52. The molecule has 0 saturated heterocycles. The van der Waals surface area contributed by atoms with Gasteiger partial charge in [0, 0.05) is 18.8 Å². The molecule has 1 atom stereocenters. The van der Waals surface area contributed by atoms with Crippen molar-refractivity contribution in [1.29, 1.82) is 0 Å². The van der Waals surface area contributed by atoms with E-state index in [9.17, 15) is 14.4 Å². The molecule has 2 aromatic carbocycles. The third-order valence-electron chi connectivity index (χ3n) is 7.70. The van der Waals surface area contributed by atoms with Gasteiger partial charge in [0.1, 0.15) is 11.4 Å². The van der Waals surface area contributed by atoms with Crippen LogP contribution in [0, 0.1) is 0 Å². The van der Waals surface area contributed by atoms with Gasteiger partial charge in [0.05, 0.1) is 10.9 Å². The molecule has 0 N–H and O–H groups in total. The first-order valence-corrected chi connectivity index (χ1v) is 16.0. The highest BCUT2D eigenvalue weighted by Gasteiger charge is 2.28. The number of ether oxygens (including phenoxy) is 1. The topological polar surface area (TPSA) is 73.6 Å². The maximum absolute atomic E-state index is 13.3. The van der Waals surface area contributed by atoms with Crippen LogP contribution >= 0.6 is 0 Å². The smallest absolute Gasteiger partial charge is 0.343 e. The second-order valence-electron chi connectivity index (χ2n) is 11.3. The van der Waals surface area contributed by atoms with Crippen LogP contribution in [0.2, 0.25) is 0 Å². The first-order valence-electron chi connectivity index (χ1n) is 16.0. The van der Waals surface area contributed by atoms with Gasteiger partial charge in [-0.15, -0.1) is 0 Å². The summed E-state index contributed by atoms with van der Waals surface area (Å²) < 4.78 is 11.5. The van der Waals surface area contributed by atoms with Crippen molar-refractivity contribution in [2.45, 2.75) is 116 Å². The number of para-hydroxylation sites is 1. The van der Waals surface area contributed by atoms with E-state index in [1.54, 1.807) is 18.2 Å². The number of allylic oxidation sites excluding steroid dienone is 2. The van der Waals surface area contributed by atoms with Crippen LogP contribution in [0.4, 0.5) is 0 Å². The van der Waals surface area contributed by atoms with Crippen molar-refractivity contribution in [1.82, 2.24) is 0 Å². The van der Waals surface area contributed by atoms with Crippen molar-refractivity contribution in [2.75, 3.05) is 0 Å². The number of hydrogen-bond acceptors (Lipinski definition) is 5. The quantitative estimate of drug-likeness (QED) is 0.0583. The summed E-state index contributed by atoms with van der Waals surface area (Å²) in [7, 11) is 0. The van der Waals surface area contributed by atoms with Crippen molar-refractivity contribution in [3.8, 4) is 5.75 Å². The van der Waals surface area contributed by atoms with Gasteiger partial charge in [-0.25, -0.2) is 4.79 Å². The van der Waals surface area contributed by atoms with Crippen molar-refractivity contribution in [2.24, 2.45) is 0 Å². The summed E-state index contributed by atoms with van der Waals surface area (Å²) in [6.45, 7) is 3.75. The first kappa shape index (κ1) is 33.0. The molecule has 1 unspecified atom stereocenters. The molecule has 1 aromatic heterocycles. The molecule has 0 saturated carbocycles. The zero-order chi connectivity index (χ0) is 30.0. The van der Waals surface area contributed by atoms with E-state index >= 15 is 0 Å². The predicted molar refractivity (Wildman–Crippen MR) is 171 cm³/mol. The van der Waals surface area contributed by atoms with Gasteiger partial charge in [-0.05, 0) is 56.7 Å². The number of hydrogen-bond donors (Lipinski definition) is 0. The lowest BCUT2D eigenvalue weighted by molar-refractivity contribution is -0.134. The van der Waals surface area contributed by atoms with Gasteiger partial charge in [-0.2, -0.15) is 0 Å². The van der Waals surface area contributed by atoms with Crippen LogP contribution in [0.5, 0.6) is 5.75 Å². The van der Waals surface area contributed by atoms with Gasteiger partial charge >= 0.3 is 11.6 Å². The number of rotatable bonds is 20. The third kappa shape index (κ3) is 11.1. The van der Waals surface area contributed by atoms with E-state index in [0.717, 1.165) is 37.7 Å². The number of carbonyl (C=O) groups excluding carboxylic acids is 2. The summed E-state index contributed by atoms with van der Waals surface area (Å²) in [5, 5.41) is 0.550. The SMILES string of the molecule is CCCCCCCCC=CCCCCCCCC(=O)Oc1c(C(CC(C)=O)c2ccccc2)c(=O)oc2ccccc12. The fourth-order valence-corrected chi connectivity index (χ4v) is 5.41. The molecule has 0 radical (unpaired) electrons. The standard InChI is InChI=1S/C37H48O5/c1-3-4-5-6-7-8-9-10-11-12-13-14-15-16-20-27-34(39)42-36-31-25-21-22-26-33(31)41-37(40)35(36)32(28-29(2)38)30-23-18-17-19-24-30/h10-11,17-19,21-26,32H,3-9,12-16,20,27-28H2,1-2H3. The average Bonchev–Trinajstić information content (AvgIpc) is 2.98. The van der Waals surface area contributed by atoms with Gasteiger partial charge in [-0.3, -0.25) is 9.59 Å². The molecule has 0 aliphatic heterocycles. The van der Waals surface area contributed by atoms with Gasteiger partial charge in [-0.1, -0.05) is 113 Å². The maximum atomic E-state index is 13.3. The van der Waals surface area contributed by atoms with Gasteiger partial charge in [0.25, 0.3) is 0 Å². The summed E-state index contributed by atoms with van der Waals surface area (Å²) in [5.74, 6) is -0.817. The second-order valence-corrected chi connectivity index (χ2v) is 11.3. The summed E-state index contributed by atoms with van der Waals surface area (Å²) >= 11 is 0. The molecule has 5 heteroatoms. The van der Waals surface area contributed by atoms with Gasteiger partial charge < -0.3 is 9.15 Å². The van der Waals surface area contributed by atoms with Crippen molar-refractivity contribution in [3.63, 3.8) is 0 Å². The fourth-order valence-electron chi connectivity index (χ4n) is 5.41. The van der Waals surface area contributed by atoms with Crippen LogP contribution in [0.25, 0.3) is 11.0 Å². The summed E-state index contributed by atoms with van der Waals surface area (Å²) in [4.78, 5) is 38.5. The molecule has 0 aliphatic carbocycles. The third-order valence-corrected chi connectivity index (χ3v) is 7.70. The van der Waals surface area contributed by atoms with Crippen molar-refractivity contribution < 1.29 is 18.7 Å². The Morgan fingerprint density at radius 1 is 0.786 bits per heavy atom. The molecule has 3 rings (SSSR count). The van der Waals surface area contributed by atoms with E-state index in [-0.39, 0.29) is 35.9 Å². The van der Waals surface area contributed by atoms with Gasteiger partial charge in [0.2, 0.25) is 0 Å². The molecule has 3 aromatic rings. The summed E-state index contributed by atoms with van der Waals surface area (Å²) in [5.41, 5.74) is 0.773. The minimum atomic E-state index is -0.590. The van der Waals surface area contributed by atoms with E-state index in [2.05, 4.69) is 19.1 Å². The Hall–Kier alpha value is -3.47. The molecule has 5 nitrogen and oxygen atoms in total. The Labute approximate surface area is 251 Å². The fraction of sp³-hybridized carbons (Fsp3) is 0.486. The highest BCUT2D eigenvalue weighted by molar-refractivity contribution is 5.88. The summed E-state index contributed by atoms with van der Waals surface area (Å²) in [6, 6.07) is 16.4. The van der Waals surface area contributed by atoms with Crippen molar-refractivity contribution >= 4 is 22.7 Å². The van der Waals surface area contributed by atoms with Crippen molar-refractivity contribution in [3.05, 3.63) is 88.3 Å². The molecule has 0 fully saturated rings. The van der Waals surface area contributed by atoms with Crippen LogP contribution in [-0.2, 0) is 9.59 Å². The van der Waals surface area contributed by atoms with Crippen LogP contribution < -0.4 is 10.4 Å². The predicted octanol–water partition coefficient (Wildman–Crippen LogP) is 9.85. The minimum absolute atomic E-state index is 0.0676. The zero-order valence-electron chi connectivity index (χ0n) is 25.6. The van der Waals surface area contributed by atoms with E-state index in [1.807, 2.05) is 36.4 Å². The molecular formula is C37H48O5. The molecule has 42 heavy (non-hydrogen) atoms. The molecule has 0 amide bonds. The van der Waals surface area contributed by atoms with E-state index in [0.29, 0.717) is 11.0 Å². The Morgan fingerprint density at radius 2 is 1.38 bits per heavy atom. The number of ketones is 1. The molecule has 0 bridgehead atoms. The number of esters is 1. The molecule has 1 heterocycles. The lowest BCUT2D eigenvalue weighted by Gasteiger charge is -2.19. The molecular weight excluding hydrogens is 524 g/mol.